The highest BCUT2D eigenvalue weighted by Gasteiger charge is 2.17. The third-order valence-corrected chi connectivity index (χ3v) is 3.91. The first kappa shape index (κ1) is 17.5. The lowest BCUT2D eigenvalue weighted by Crippen LogP contribution is -2.06. The number of aromatic nitrogens is 1. The predicted octanol–water partition coefficient (Wildman–Crippen LogP) is 4.47. The van der Waals surface area contributed by atoms with E-state index in [1.54, 1.807) is 25.3 Å². The zero-order valence-corrected chi connectivity index (χ0v) is 14.7. The van der Waals surface area contributed by atoms with Gasteiger partial charge in [-0.3, -0.25) is 4.98 Å². The van der Waals surface area contributed by atoms with E-state index in [2.05, 4.69) is 10.3 Å². The molecule has 0 saturated heterocycles. The summed E-state index contributed by atoms with van der Waals surface area (Å²) in [5.41, 5.74) is 1.90. The normalized spacial score (nSPS) is 10.5. The van der Waals surface area contributed by atoms with E-state index in [0.717, 1.165) is 6.42 Å². The van der Waals surface area contributed by atoms with Crippen molar-refractivity contribution in [3.05, 3.63) is 54.2 Å². The molecule has 1 heterocycles. The molecule has 6 heteroatoms. The van der Waals surface area contributed by atoms with Gasteiger partial charge in [0.25, 0.3) is 0 Å². The molecule has 0 saturated carbocycles. The molecular weight excluding hydrogens is 332 g/mol. The molecule has 0 amide bonds. The molecule has 1 aromatic heterocycles. The van der Waals surface area contributed by atoms with E-state index >= 15 is 0 Å². The Morgan fingerprint density at radius 1 is 1.23 bits per heavy atom. The number of nitrogens with zero attached hydrogens (tertiary/aromatic N) is 1. The highest BCUT2D eigenvalue weighted by atomic mass is 16.5. The molecule has 0 spiro atoms. The number of aromatic carboxylic acids is 1. The van der Waals surface area contributed by atoms with Gasteiger partial charge in [-0.25, -0.2) is 4.79 Å². The Balaban J connectivity index is 2.14. The van der Waals surface area contributed by atoms with E-state index in [1.165, 1.54) is 6.20 Å². The Kier molecular flexibility index (Phi) is 5.22. The van der Waals surface area contributed by atoms with Crippen LogP contribution < -0.4 is 14.8 Å². The van der Waals surface area contributed by atoms with Gasteiger partial charge in [0.2, 0.25) is 0 Å². The van der Waals surface area contributed by atoms with Crippen LogP contribution in [0.2, 0.25) is 0 Å². The second-order valence-corrected chi connectivity index (χ2v) is 5.70. The Labute approximate surface area is 151 Å². The van der Waals surface area contributed by atoms with Crippen molar-refractivity contribution in [2.45, 2.75) is 13.3 Å². The number of hydrogen-bond acceptors (Lipinski definition) is 5. The summed E-state index contributed by atoms with van der Waals surface area (Å²) in [6, 6.07) is 12.8. The quantitative estimate of drug-likeness (QED) is 0.653. The van der Waals surface area contributed by atoms with Crippen LogP contribution in [-0.4, -0.2) is 29.8 Å². The van der Waals surface area contributed by atoms with Gasteiger partial charge >= 0.3 is 5.97 Å². The lowest BCUT2D eigenvalue weighted by Gasteiger charge is -2.16. The second kappa shape index (κ2) is 7.74. The third-order valence-electron chi connectivity index (χ3n) is 3.91. The first-order chi connectivity index (χ1) is 12.6. The minimum Gasteiger partial charge on any atom is -0.497 e. The molecule has 134 valence electrons. The smallest absolute Gasteiger partial charge is 0.339 e. The summed E-state index contributed by atoms with van der Waals surface area (Å²) in [6.07, 6.45) is 2.24. The Hall–Kier alpha value is -3.28. The molecular formula is C20H20N2O4. The molecule has 0 fully saturated rings. The van der Waals surface area contributed by atoms with Crippen LogP contribution in [0.4, 0.5) is 11.4 Å². The van der Waals surface area contributed by atoms with Gasteiger partial charge in [-0.1, -0.05) is 19.1 Å². The molecule has 0 unspecified atom stereocenters. The van der Waals surface area contributed by atoms with Crippen molar-refractivity contribution in [1.82, 2.24) is 4.98 Å². The fourth-order valence-corrected chi connectivity index (χ4v) is 2.64. The highest BCUT2D eigenvalue weighted by molar-refractivity contribution is 6.05. The molecule has 0 atom stereocenters. The van der Waals surface area contributed by atoms with E-state index in [0.29, 0.717) is 40.4 Å². The van der Waals surface area contributed by atoms with Gasteiger partial charge in [0.05, 0.1) is 30.6 Å². The maximum atomic E-state index is 11.7. The van der Waals surface area contributed by atoms with Crippen molar-refractivity contribution >= 4 is 28.2 Å². The topological polar surface area (TPSA) is 80.7 Å². The number of carbonyl (C=O) groups is 1. The van der Waals surface area contributed by atoms with Gasteiger partial charge in [0, 0.05) is 11.6 Å². The van der Waals surface area contributed by atoms with Gasteiger partial charge in [-0.05, 0) is 36.8 Å². The number of methoxy groups -OCH3 is 1. The van der Waals surface area contributed by atoms with Crippen molar-refractivity contribution in [3.63, 3.8) is 0 Å². The lowest BCUT2D eigenvalue weighted by atomic mass is 10.1. The molecule has 3 aromatic rings. The van der Waals surface area contributed by atoms with E-state index < -0.39 is 5.97 Å². The van der Waals surface area contributed by atoms with Gasteiger partial charge in [-0.2, -0.15) is 0 Å². The summed E-state index contributed by atoms with van der Waals surface area (Å²) in [5.74, 6) is 0.232. The summed E-state index contributed by atoms with van der Waals surface area (Å²) in [5, 5.41) is 13.5. The van der Waals surface area contributed by atoms with Gasteiger partial charge in [0.15, 0.2) is 0 Å². The maximum Gasteiger partial charge on any atom is 0.339 e. The molecule has 0 aliphatic carbocycles. The van der Waals surface area contributed by atoms with Gasteiger partial charge in [-0.15, -0.1) is 0 Å². The number of anilines is 2. The van der Waals surface area contributed by atoms with Crippen LogP contribution in [0.25, 0.3) is 10.9 Å². The van der Waals surface area contributed by atoms with E-state index in [1.807, 2.05) is 31.2 Å². The fraction of sp³-hybridized carbons (Fsp3) is 0.200. The van der Waals surface area contributed by atoms with Crippen LogP contribution in [0, 0.1) is 0 Å². The number of carboxylic acid groups (broad SMARTS) is 1. The molecule has 3 rings (SSSR count). The van der Waals surface area contributed by atoms with Crippen molar-refractivity contribution in [2.24, 2.45) is 0 Å². The largest absolute Gasteiger partial charge is 0.497 e. The predicted molar refractivity (Wildman–Crippen MR) is 101 cm³/mol. The molecule has 0 aliphatic rings. The minimum atomic E-state index is -1.06. The van der Waals surface area contributed by atoms with Gasteiger partial charge in [0.1, 0.15) is 17.1 Å². The summed E-state index contributed by atoms with van der Waals surface area (Å²) >= 11 is 0. The number of rotatable bonds is 7. The number of hydrogen-bond donors (Lipinski definition) is 2. The molecule has 0 bridgehead atoms. The standard InChI is InChI=1S/C20H20N2O4/c1-3-10-26-18-7-5-4-6-17(18)22-19-14-11-13(25-2)8-9-16(14)21-12-15(19)20(23)24/h4-9,11-12H,3,10H2,1-2H3,(H,21,22)(H,23,24). The fourth-order valence-electron chi connectivity index (χ4n) is 2.64. The lowest BCUT2D eigenvalue weighted by molar-refractivity contribution is 0.0697. The number of ether oxygens (including phenoxy) is 2. The molecule has 2 aromatic carbocycles. The number of benzene rings is 2. The molecule has 26 heavy (non-hydrogen) atoms. The van der Waals surface area contributed by atoms with E-state index in [-0.39, 0.29) is 5.56 Å². The van der Waals surface area contributed by atoms with Crippen LogP contribution in [-0.2, 0) is 0 Å². The van der Waals surface area contributed by atoms with Crippen molar-refractivity contribution in [1.29, 1.82) is 0 Å². The van der Waals surface area contributed by atoms with E-state index in [9.17, 15) is 9.90 Å². The zero-order valence-electron chi connectivity index (χ0n) is 14.7. The van der Waals surface area contributed by atoms with Crippen LogP contribution in [0.5, 0.6) is 11.5 Å². The van der Waals surface area contributed by atoms with Crippen molar-refractivity contribution in [3.8, 4) is 11.5 Å². The molecule has 2 N–H and O–H groups in total. The van der Waals surface area contributed by atoms with Crippen molar-refractivity contribution in [2.75, 3.05) is 19.0 Å². The Morgan fingerprint density at radius 3 is 2.77 bits per heavy atom. The maximum absolute atomic E-state index is 11.7. The Morgan fingerprint density at radius 2 is 2.04 bits per heavy atom. The summed E-state index contributed by atoms with van der Waals surface area (Å²) in [6.45, 7) is 2.61. The van der Waals surface area contributed by atoms with Crippen LogP contribution in [0.3, 0.4) is 0 Å². The molecule has 6 nitrogen and oxygen atoms in total. The first-order valence-corrected chi connectivity index (χ1v) is 8.33. The number of carboxylic acids is 1. The second-order valence-electron chi connectivity index (χ2n) is 5.70. The first-order valence-electron chi connectivity index (χ1n) is 8.33. The molecule has 0 aliphatic heterocycles. The van der Waals surface area contributed by atoms with Crippen LogP contribution >= 0.6 is 0 Å². The summed E-state index contributed by atoms with van der Waals surface area (Å²) in [7, 11) is 1.57. The third kappa shape index (κ3) is 3.54. The number of nitrogens with one attached hydrogen (secondary N) is 1. The zero-order chi connectivity index (χ0) is 18.5. The summed E-state index contributed by atoms with van der Waals surface area (Å²) in [4.78, 5) is 16.0. The average Bonchev–Trinajstić information content (AvgIpc) is 2.66. The van der Waals surface area contributed by atoms with Crippen molar-refractivity contribution < 1.29 is 19.4 Å². The average molecular weight is 352 g/mol. The van der Waals surface area contributed by atoms with Crippen LogP contribution in [0.1, 0.15) is 23.7 Å². The number of pyridine rings is 1. The summed E-state index contributed by atoms with van der Waals surface area (Å²) < 4.78 is 11.0. The monoisotopic (exact) mass is 352 g/mol. The minimum absolute atomic E-state index is 0.0797. The van der Waals surface area contributed by atoms with Crippen LogP contribution in [0.15, 0.2) is 48.7 Å². The van der Waals surface area contributed by atoms with Gasteiger partial charge < -0.3 is 19.9 Å². The Bertz CT molecular complexity index is 940. The molecule has 0 radical (unpaired) electrons. The SMILES string of the molecule is CCCOc1ccccc1Nc1c(C(=O)O)cnc2ccc(OC)cc12. The highest BCUT2D eigenvalue weighted by Crippen LogP contribution is 2.34. The number of para-hydroxylation sites is 2. The van der Waals surface area contributed by atoms with E-state index in [4.69, 9.17) is 9.47 Å². The number of fused-ring (bicyclic) bond motifs is 1.